The van der Waals surface area contributed by atoms with Crippen LogP contribution in [0.4, 0.5) is 4.79 Å². The summed E-state index contributed by atoms with van der Waals surface area (Å²) in [4.78, 5) is 13.1. The molecule has 3 atom stereocenters. The first-order valence-corrected chi connectivity index (χ1v) is 10.4. The molecule has 1 saturated carbocycles. The van der Waals surface area contributed by atoms with E-state index in [1.54, 1.807) is 0 Å². The topological polar surface area (TPSA) is 47.6 Å². The second-order valence-corrected chi connectivity index (χ2v) is 7.98. The van der Waals surface area contributed by atoms with Crippen LogP contribution in [0.15, 0.2) is 65.6 Å². The Morgan fingerprint density at radius 3 is 2.48 bits per heavy atom. The molecule has 1 amide bonds. The Bertz CT molecular complexity index is 695. The SMILES string of the molecule is CCOC(=O)N[C@@H]1CC[C@H](OCc2ccccc2)C[C@H]1Sc1ccccc1. The van der Waals surface area contributed by atoms with Crippen LogP contribution in [0, 0.1) is 0 Å². The molecule has 5 heteroatoms. The predicted molar refractivity (Wildman–Crippen MR) is 109 cm³/mol. The van der Waals surface area contributed by atoms with E-state index in [4.69, 9.17) is 9.47 Å². The molecule has 1 fully saturated rings. The molecule has 1 N–H and O–H groups in total. The van der Waals surface area contributed by atoms with E-state index >= 15 is 0 Å². The van der Waals surface area contributed by atoms with Gasteiger partial charge in [0.15, 0.2) is 0 Å². The minimum atomic E-state index is -0.329. The number of alkyl carbamates (subject to hydrolysis) is 1. The molecule has 0 unspecified atom stereocenters. The van der Waals surface area contributed by atoms with Gasteiger partial charge in [0.25, 0.3) is 0 Å². The molecule has 2 aromatic carbocycles. The zero-order valence-electron chi connectivity index (χ0n) is 15.7. The summed E-state index contributed by atoms with van der Waals surface area (Å²) in [5.41, 5.74) is 1.19. The molecule has 0 bridgehead atoms. The Labute approximate surface area is 165 Å². The molecule has 1 aliphatic carbocycles. The first kappa shape index (κ1) is 19.8. The molecule has 0 aliphatic heterocycles. The van der Waals surface area contributed by atoms with Crippen LogP contribution in [0.1, 0.15) is 31.7 Å². The van der Waals surface area contributed by atoms with Crippen molar-refractivity contribution in [1.82, 2.24) is 5.32 Å². The molecular formula is C22H27NO3S. The minimum absolute atomic E-state index is 0.0887. The average molecular weight is 386 g/mol. The third-order valence-corrected chi connectivity index (χ3v) is 6.05. The van der Waals surface area contributed by atoms with Crippen LogP contribution < -0.4 is 5.32 Å². The van der Waals surface area contributed by atoms with Crippen molar-refractivity contribution in [3.05, 3.63) is 66.2 Å². The Morgan fingerprint density at radius 2 is 1.78 bits per heavy atom. The Balaban J connectivity index is 1.61. The summed E-state index contributed by atoms with van der Waals surface area (Å²) in [7, 11) is 0. The van der Waals surface area contributed by atoms with E-state index in [0.29, 0.717) is 13.2 Å². The molecule has 2 aromatic rings. The van der Waals surface area contributed by atoms with Gasteiger partial charge in [-0.15, -0.1) is 11.8 Å². The van der Waals surface area contributed by atoms with Crippen molar-refractivity contribution in [3.8, 4) is 0 Å². The average Bonchev–Trinajstić information content (AvgIpc) is 2.70. The molecule has 3 rings (SSSR count). The van der Waals surface area contributed by atoms with Crippen molar-refractivity contribution in [2.24, 2.45) is 0 Å². The summed E-state index contributed by atoms with van der Waals surface area (Å²) in [6.45, 7) is 2.84. The lowest BCUT2D eigenvalue weighted by atomic mass is 9.92. The van der Waals surface area contributed by atoms with E-state index < -0.39 is 0 Å². The van der Waals surface area contributed by atoms with Gasteiger partial charge in [0.05, 0.1) is 19.3 Å². The third kappa shape index (κ3) is 6.29. The number of benzene rings is 2. The van der Waals surface area contributed by atoms with Crippen molar-refractivity contribution < 1.29 is 14.3 Å². The van der Waals surface area contributed by atoms with Crippen LogP contribution in [0.25, 0.3) is 0 Å². The van der Waals surface area contributed by atoms with Crippen molar-refractivity contribution in [1.29, 1.82) is 0 Å². The molecule has 0 saturated heterocycles. The zero-order valence-corrected chi connectivity index (χ0v) is 16.5. The van der Waals surface area contributed by atoms with Crippen molar-refractivity contribution in [2.75, 3.05) is 6.61 Å². The zero-order chi connectivity index (χ0) is 18.9. The Hall–Kier alpha value is -1.98. The van der Waals surface area contributed by atoms with E-state index in [1.165, 1.54) is 10.5 Å². The molecule has 0 spiro atoms. The van der Waals surface area contributed by atoms with Gasteiger partial charge in [-0.2, -0.15) is 0 Å². The van der Waals surface area contributed by atoms with Crippen molar-refractivity contribution >= 4 is 17.9 Å². The lowest BCUT2D eigenvalue weighted by Gasteiger charge is -2.36. The van der Waals surface area contributed by atoms with E-state index in [9.17, 15) is 4.79 Å². The summed E-state index contributed by atoms with van der Waals surface area (Å²) in [5.74, 6) is 0. The summed E-state index contributed by atoms with van der Waals surface area (Å²) in [6, 6.07) is 20.7. The van der Waals surface area contributed by atoms with Crippen molar-refractivity contribution in [2.45, 2.75) is 55.1 Å². The first-order chi connectivity index (χ1) is 13.2. The number of rotatable bonds is 7. The highest BCUT2D eigenvalue weighted by atomic mass is 32.2. The number of amides is 1. The maximum absolute atomic E-state index is 11.9. The Morgan fingerprint density at radius 1 is 1.07 bits per heavy atom. The van der Waals surface area contributed by atoms with Gasteiger partial charge in [0, 0.05) is 16.2 Å². The number of hydrogen-bond acceptors (Lipinski definition) is 4. The summed E-state index contributed by atoms with van der Waals surface area (Å²) in [5, 5.41) is 3.30. The van der Waals surface area contributed by atoms with Gasteiger partial charge in [-0.05, 0) is 43.9 Å². The number of carbonyl (C=O) groups excluding carboxylic acids is 1. The molecule has 144 valence electrons. The van der Waals surface area contributed by atoms with Gasteiger partial charge in [-0.3, -0.25) is 0 Å². The van der Waals surface area contributed by atoms with Gasteiger partial charge in [-0.1, -0.05) is 48.5 Å². The molecule has 4 nitrogen and oxygen atoms in total. The van der Waals surface area contributed by atoms with Crippen molar-refractivity contribution in [3.63, 3.8) is 0 Å². The maximum atomic E-state index is 11.9. The minimum Gasteiger partial charge on any atom is -0.450 e. The number of thioether (sulfide) groups is 1. The second-order valence-electron chi connectivity index (χ2n) is 6.67. The van der Waals surface area contributed by atoms with Gasteiger partial charge >= 0.3 is 6.09 Å². The molecule has 0 heterocycles. The van der Waals surface area contributed by atoms with Gasteiger partial charge in [0.2, 0.25) is 0 Å². The molecule has 0 aromatic heterocycles. The van der Waals surface area contributed by atoms with E-state index in [2.05, 4.69) is 29.6 Å². The molecule has 0 radical (unpaired) electrons. The normalized spacial score (nSPS) is 22.2. The standard InChI is InChI=1S/C22H27NO3S/c1-2-25-22(24)23-20-14-13-18(26-16-17-9-5-3-6-10-17)15-21(20)27-19-11-7-4-8-12-19/h3-12,18,20-21H,2,13-16H2,1H3,(H,23,24)/t18-,20+,21+/m0/s1. The van der Waals surface area contributed by atoms with E-state index in [1.807, 2.05) is 55.1 Å². The molecule has 27 heavy (non-hydrogen) atoms. The fraction of sp³-hybridized carbons (Fsp3) is 0.409. The van der Waals surface area contributed by atoms with Gasteiger partial charge < -0.3 is 14.8 Å². The highest BCUT2D eigenvalue weighted by molar-refractivity contribution is 8.00. The lowest BCUT2D eigenvalue weighted by Crippen LogP contribution is -2.47. The first-order valence-electron chi connectivity index (χ1n) is 9.55. The van der Waals surface area contributed by atoms with E-state index in [0.717, 1.165) is 19.3 Å². The fourth-order valence-corrected chi connectivity index (χ4v) is 4.67. The third-order valence-electron chi connectivity index (χ3n) is 4.68. The van der Waals surface area contributed by atoms with Crippen LogP contribution in [0.5, 0.6) is 0 Å². The van der Waals surface area contributed by atoms with Crippen LogP contribution in [-0.4, -0.2) is 30.1 Å². The fourth-order valence-electron chi connectivity index (χ4n) is 3.33. The second kappa shape index (κ2) is 10.4. The summed E-state index contributed by atoms with van der Waals surface area (Å²) >= 11 is 1.81. The predicted octanol–water partition coefficient (Wildman–Crippen LogP) is 5.03. The monoisotopic (exact) mass is 385 g/mol. The number of nitrogens with one attached hydrogen (secondary N) is 1. The largest absolute Gasteiger partial charge is 0.450 e. The highest BCUT2D eigenvalue weighted by Gasteiger charge is 2.33. The van der Waals surface area contributed by atoms with Crippen LogP contribution in [0.2, 0.25) is 0 Å². The lowest BCUT2D eigenvalue weighted by molar-refractivity contribution is 0.0130. The maximum Gasteiger partial charge on any atom is 0.407 e. The number of ether oxygens (including phenoxy) is 2. The molecular weight excluding hydrogens is 358 g/mol. The van der Waals surface area contributed by atoms with Gasteiger partial charge in [0.1, 0.15) is 0 Å². The van der Waals surface area contributed by atoms with Crippen LogP contribution >= 0.6 is 11.8 Å². The smallest absolute Gasteiger partial charge is 0.407 e. The quantitative estimate of drug-likeness (QED) is 0.726. The van der Waals surface area contributed by atoms with Crippen LogP contribution in [-0.2, 0) is 16.1 Å². The van der Waals surface area contributed by atoms with E-state index in [-0.39, 0.29) is 23.5 Å². The highest BCUT2D eigenvalue weighted by Crippen LogP contribution is 2.35. The molecule has 1 aliphatic rings. The van der Waals surface area contributed by atoms with Crippen LogP contribution in [0.3, 0.4) is 0 Å². The van der Waals surface area contributed by atoms with Gasteiger partial charge in [-0.25, -0.2) is 4.79 Å². The number of hydrogen-bond donors (Lipinski definition) is 1. The Kier molecular flexibility index (Phi) is 7.60. The number of carbonyl (C=O) groups is 1. The summed E-state index contributed by atoms with van der Waals surface area (Å²) in [6.07, 6.45) is 2.61. The summed E-state index contributed by atoms with van der Waals surface area (Å²) < 4.78 is 11.3.